The van der Waals surface area contributed by atoms with Gasteiger partial charge in [-0.25, -0.2) is 4.39 Å². The van der Waals surface area contributed by atoms with E-state index in [0.29, 0.717) is 5.76 Å². The Morgan fingerprint density at radius 1 is 1.18 bits per heavy atom. The molecule has 1 amide bonds. The Morgan fingerprint density at radius 2 is 2.09 bits per heavy atom. The van der Waals surface area contributed by atoms with Gasteiger partial charge in [0.25, 0.3) is 11.9 Å². The predicted molar refractivity (Wildman–Crippen MR) is 75.1 cm³/mol. The minimum atomic E-state index is -0.416. The highest BCUT2D eigenvalue weighted by Crippen LogP contribution is 2.24. The van der Waals surface area contributed by atoms with Crippen LogP contribution in [0.1, 0.15) is 16.3 Å². The van der Waals surface area contributed by atoms with Gasteiger partial charge in [0.1, 0.15) is 17.3 Å². The average molecular weight is 301 g/mol. The lowest BCUT2D eigenvalue weighted by molar-refractivity contribution is 0.0915. The van der Waals surface area contributed by atoms with Crippen molar-refractivity contribution in [3.63, 3.8) is 0 Å². The van der Waals surface area contributed by atoms with E-state index in [1.807, 2.05) is 0 Å². The van der Waals surface area contributed by atoms with E-state index in [1.54, 1.807) is 18.2 Å². The SMILES string of the molecule is O=C(NCc1ccco1)c1ccc(Oc2cccc(F)c2)o1. The average Bonchev–Trinajstić information content (AvgIpc) is 3.16. The molecular weight excluding hydrogens is 289 g/mol. The summed E-state index contributed by atoms with van der Waals surface area (Å²) in [5.41, 5.74) is 0. The number of rotatable bonds is 5. The van der Waals surface area contributed by atoms with Crippen LogP contribution >= 0.6 is 0 Å². The lowest BCUT2D eigenvalue weighted by atomic mass is 10.3. The normalized spacial score (nSPS) is 10.4. The molecule has 1 aromatic carbocycles. The van der Waals surface area contributed by atoms with Crippen LogP contribution in [0.3, 0.4) is 0 Å². The molecule has 112 valence electrons. The van der Waals surface area contributed by atoms with Gasteiger partial charge in [0.15, 0.2) is 5.76 Å². The van der Waals surface area contributed by atoms with E-state index in [2.05, 4.69) is 5.32 Å². The number of carbonyl (C=O) groups is 1. The summed E-state index contributed by atoms with van der Waals surface area (Å²) in [4.78, 5) is 11.9. The summed E-state index contributed by atoms with van der Waals surface area (Å²) < 4.78 is 28.8. The fourth-order valence-corrected chi connectivity index (χ4v) is 1.81. The zero-order chi connectivity index (χ0) is 15.4. The van der Waals surface area contributed by atoms with Gasteiger partial charge in [0.2, 0.25) is 0 Å². The number of furan rings is 2. The lowest BCUT2D eigenvalue weighted by Gasteiger charge is -2.02. The molecule has 5 nitrogen and oxygen atoms in total. The van der Waals surface area contributed by atoms with E-state index in [1.165, 1.54) is 36.6 Å². The van der Waals surface area contributed by atoms with Crippen molar-refractivity contribution < 1.29 is 22.8 Å². The number of ether oxygens (including phenoxy) is 1. The van der Waals surface area contributed by atoms with Crippen LogP contribution in [0.4, 0.5) is 4.39 Å². The second-order valence-electron chi connectivity index (χ2n) is 4.44. The number of amides is 1. The van der Waals surface area contributed by atoms with Crippen molar-refractivity contribution in [3.05, 3.63) is 72.1 Å². The van der Waals surface area contributed by atoms with Crippen molar-refractivity contribution in [2.24, 2.45) is 0 Å². The molecule has 0 aliphatic carbocycles. The molecule has 0 aliphatic rings. The van der Waals surface area contributed by atoms with Gasteiger partial charge in [-0.15, -0.1) is 0 Å². The van der Waals surface area contributed by atoms with Gasteiger partial charge in [-0.3, -0.25) is 4.79 Å². The largest absolute Gasteiger partial charge is 0.467 e. The van der Waals surface area contributed by atoms with E-state index in [9.17, 15) is 9.18 Å². The third-order valence-corrected chi connectivity index (χ3v) is 2.82. The first-order valence-corrected chi connectivity index (χ1v) is 6.54. The van der Waals surface area contributed by atoms with Gasteiger partial charge in [-0.1, -0.05) is 6.07 Å². The monoisotopic (exact) mass is 301 g/mol. The van der Waals surface area contributed by atoms with Crippen LogP contribution in [0.5, 0.6) is 11.7 Å². The number of benzene rings is 1. The third-order valence-electron chi connectivity index (χ3n) is 2.82. The number of nitrogens with one attached hydrogen (secondary N) is 1. The van der Waals surface area contributed by atoms with Crippen molar-refractivity contribution in [2.45, 2.75) is 6.54 Å². The summed E-state index contributed by atoms with van der Waals surface area (Å²) in [6, 6.07) is 12.1. The van der Waals surface area contributed by atoms with E-state index in [4.69, 9.17) is 13.6 Å². The molecule has 2 aromatic heterocycles. The first-order valence-electron chi connectivity index (χ1n) is 6.54. The summed E-state index contributed by atoms with van der Waals surface area (Å²) >= 11 is 0. The summed E-state index contributed by atoms with van der Waals surface area (Å²) in [7, 11) is 0. The van der Waals surface area contributed by atoms with Gasteiger partial charge < -0.3 is 18.9 Å². The quantitative estimate of drug-likeness (QED) is 0.779. The van der Waals surface area contributed by atoms with Crippen LogP contribution in [0.25, 0.3) is 0 Å². The van der Waals surface area contributed by atoms with Crippen molar-refractivity contribution in [3.8, 4) is 11.7 Å². The van der Waals surface area contributed by atoms with Gasteiger partial charge in [0.05, 0.1) is 12.8 Å². The Hall–Kier alpha value is -3.02. The zero-order valence-electron chi connectivity index (χ0n) is 11.4. The summed E-state index contributed by atoms with van der Waals surface area (Å²) in [6.07, 6.45) is 1.53. The molecule has 3 rings (SSSR count). The molecule has 3 aromatic rings. The smallest absolute Gasteiger partial charge is 0.290 e. The van der Waals surface area contributed by atoms with E-state index in [-0.39, 0.29) is 24.0 Å². The molecular formula is C16H12FNO4. The third kappa shape index (κ3) is 3.35. The zero-order valence-corrected chi connectivity index (χ0v) is 11.4. The van der Waals surface area contributed by atoms with Crippen LogP contribution in [-0.2, 0) is 6.54 Å². The summed E-state index contributed by atoms with van der Waals surface area (Å²) in [5.74, 6) is 0.311. The molecule has 0 unspecified atom stereocenters. The first kappa shape index (κ1) is 13.9. The maximum Gasteiger partial charge on any atom is 0.290 e. The molecule has 0 atom stereocenters. The van der Waals surface area contributed by atoms with E-state index >= 15 is 0 Å². The van der Waals surface area contributed by atoms with Gasteiger partial charge >= 0.3 is 0 Å². The highest BCUT2D eigenvalue weighted by atomic mass is 19.1. The highest BCUT2D eigenvalue weighted by Gasteiger charge is 2.12. The van der Waals surface area contributed by atoms with Crippen molar-refractivity contribution in [2.75, 3.05) is 0 Å². The van der Waals surface area contributed by atoms with Crippen LogP contribution in [0, 0.1) is 5.82 Å². The van der Waals surface area contributed by atoms with E-state index < -0.39 is 11.7 Å². The molecule has 0 radical (unpaired) electrons. The minimum Gasteiger partial charge on any atom is -0.467 e. The second kappa shape index (κ2) is 6.17. The van der Waals surface area contributed by atoms with Crippen LogP contribution in [0.15, 0.2) is 63.6 Å². The minimum absolute atomic E-state index is 0.0953. The molecule has 6 heteroatoms. The predicted octanol–water partition coefficient (Wildman–Crippen LogP) is 3.73. The molecule has 0 saturated carbocycles. The molecule has 0 fully saturated rings. The molecule has 0 saturated heterocycles. The Balaban J connectivity index is 1.61. The lowest BCUT2D eigenvalue weighted by Crippen LogP contribution is -2.21. The Kier molecular flexibility index (Phi) is 3.91. The first-order chi connectivity index (χ1) is 10.7. The van der Waals surface area contributed by atoms with Gasteiger partial charge in [-0.05, 0) is 30.3 Å². The second-order valence-corrected chi connectivity index (χ2v) is 4.44. The molecule has 22 heavy (non-hydrogen) atoms. The molecule has 1 N–H and O–H groups in total. The van der Waals surface area contributed by atoms with Gasteiger partial charge in [-0.2, -0.15) is 0 Å². The fourth-order valence-electron chi connectivity index (χ4n) is 1.81. The Morgan fingerprint density at radius 3 is 2.86 bits per heavy atom. The van der Waals surface area contributed by atoms with Crippen LogP contribution < -0.4 is 10.1 Å². The van der Waals surface area contributed by atoms with Crippen molar-refractivity contribution in [1.82, 2.24) is 5.32 Å². The molecule has 0 aliphatic heterocycles. The Bertz CT molecular complexity index is 764. The maximum atomic E-state index is 13.1. The number of hydrogen-bond acceptors (Lipinski definition) is 4. The number of hydrogen-bond donors (Lipinski definition) is 1. The molecule has 2 heterocycles. The Labute approximate surface area is 125 Å². The molecule has 0 spiro atoms. The standard InChI is InChI=1S/C16H12FNO4/c17-11-3-1-4-12(9-11)21-15-7-6-14(22-15)16(19)18-10-13-5-2-8-20-13/h1-9H,10H2,(H,18,19). The highest BCUT2D eigenvalue weighted by molar-refractivity contribution is 5.91. The van der Waals surface area contributed by atoms with Gasteiger partial charge in [0, 0.05) is 12.1 Å². The molecule has 0 bridgehead atoms. The van der Waals surface area contributed by atoms with Crippen LogP contribution in [0.2, 0.25) is 0 Å². The van der Waals surface area contributed by atoms with Crippen molar-refractivity contribution >= 4 is 5.91 Å². The van der Waals surface area contributed by atoms with Crippen LogP contribution in [-0.4, -0.2) is 5.91 Å². The maximum absolute atomic E-state index is 13.1. The number of carbonyl (C=O) groups excluding carboxylic acids is 1. The summed E-state index contributed by atoms with van der Waals surface area (Å²) in [5, 5.41) is 2.65. The van der Waals surface area contributed by atoms with Crippen molar-refractivity contribution in [1.29, 1.82) is 0 Å². The summed E-state index contributed by atoms with van der Waals surface area (Å²) in [6.45, 7) is 0.257. The number of halogens is 1. The van der Waals surface area contributed by atoms with E-state index in [0.717, 1.165) is 0 Å². The topological polar surface area (TPSA) is 64.6 Å². The fraction of sp³-hybridized carbons (Fsp3) is 0.0625.